The molecule has 6 N–H and O–H groups in total. The number of ether oxygens (including phenoxy) is 12. The second-order valence-electron chi connectivity index (χ2n) is 30.9. The molecule has 0 aliphatic heterocycles. The van der Waals surface area contributed by atoms with Gasteiger partial charge in [0.15, 0.2) is 151 Å². The van der Waals surface area contributed by atoms with Crippen LogP contribution in [0.2, 0.25) is 0 Å². The predicted octanol–water partition coefficient (Wildman–Crippen LogP) is 22.6. The van der Waals surface area contributed by atoms with Gasteiger partial charge < -0.3 is 87.5 Å². The van der Waals surface area contributed by atoms with E-state index in [0.717, 1.165) is 24.5 Å². The fourth-order valence-electron chi connectivity index (χ4n) is 10.5. The van der Waals surface area contributed by atoms with Crippen molar-refractivity contribution in [1.82, 2.24) is 0 Å². The van der Waals surface area contributed by atoms with Gasteiger partial charge >= 0.3 is 0 Å². The van der Waals surface area contributed by atoms with Gasteiger partial charge in [-0.1, -0.05) is 98.3 Å². The third-order valence-corrected chi connectivity index (χ3v) is 19.3. The zero-order valence-corrected chi connectivity index (χ0v) is 85.3. The van der Waals surface area contributed by atoms with Gasteiger partial charge in [-0.2, -0.15) is 8.42 Å². The van der Waals surface area contributed by atoms with E-state index in [2.05, 4.69) is 67.9 Å². The molecule has 25 nitrogen and oxygen atoms in total. The molecule has 8 aromatic carbocycles. The first-order chi connectivity index (χ1) is 61.5. The highest BCUT2D eigenvalue weighted by atomic mass is 79.9. The van der Waals surface area contributed by atoms with Crippen molar-refractivity contribution >= 4 is 98.0 Å². The standard InChI is InChI=1S/C15H23FO6S.C15H21FO3.C14H21FO4.C14H19FO4.C10H12BrFO2.C10H10BrFO2.C9H10BrFO2.C7H4BrFO2/c1-9(2)22-15-12(16)6-11(7-13(15)20-4)14(17)10(3)8-21-23(5,18)19;1-6-10(4)14(17)11-7-12(16)15(19-9(2)3)13(8-11)18-5;2*1-8(2)19-14-11(15)5-10(6-12(14)18-4)13(17)9(3)7-16;1-6(2)14-10-8(12)4-7(11)5-9(10)13-3;1-6(2)14-10-7(5-13)3-8(11)4-9(10)12;1-5(2)13-9-7(11)3-6(10)4-8(9)12;8-5-1-4(3-10)7(11)6(9)2-5/h6-7,9-10,14,17H,8H2,1-5H3;7-10H,6H2,1-5H3;5-6,8-9,13,16-17H,7H2,1-4H3;5-6,8-9,16H,7H2,1-4H3;4-6H,1-3H3;3-6H,1-2H3;3-5,12H,1-2H3;1-3,11H/t10-,14+;10-;9-,13+;9-;;;;/m1111..../s1. The first kappa shape index (κ1) is 121. The highest BCUT2D eigenvalue weighted by molar-refractivity contribution is 9.11. The monoisotopic (exact) mass is 2150 g/mol. The Morgan fingerprint density at radius 2 is 0.644 bits per heavy atom. The topological polar surface area (TPSA) is 344 Å². The van der Waals surface area contributed by atoms with Crippen molar-refractivity contribution in [2.24, 2.45) is 23.7 Å². The number of benzene rings is 8. The Labute approximate surface area is 800 Å². The highest BCUT2D eigenvalue weighted by Gasteiger charge is 2.28. The maximum atomic E-state index is 14.2. The minimum absolute atomic E-state index is 0.00861. The van der Waals surface area contributed by atoms with Gasteiger partial charge in [0.25, 0.3) is 10.1 Å². The fourth-order valence-corrected chi connectivity index (χ4v) is 12.7. The van der Waals surface area contributed by atoms with Crippen molar-refractivity contribution in [3.63, 3.8) is 0 Å². The van der Waals surface area contributed by atoms with Gasteiger partial charge in [0.1, 0.15) is 0 Å². The van der Waals surface area contributed by atoms with Crippen molar-refractivity contribution in [2.75, 3.05) is 61.6 Å². The van der Waals surface area contributed by atoms with Crippen LogP contribution in [0.5, 0.6) is 80.5 Å². The van der Waals surface area contributed by atoms with E-state index in [-0.39, 0.29) is 177 Å². The van der Waals surface area contributed by atoms with Crippen LogP contribution in [0.4, 0.5) is 35.1 Å². The van der Waals surface area contributed by atoms with Crippen molar-refractivity contribution in [3.05, 3.63) is 195 Å². The molecule has 0 heterocycles. The number of rotatable bonds is 35. The van der Waals surface area contributed by atoms with Gasteiger partial charge in [-0.15, -0.1) is 0 Å². The fraction of sp³-hybridized carbons (Fsp3) is 0.447. The SMILES string of the molecule is CC(C)Oc1c(F)cc(Br)cc1C=O.CC(C)Oc1c(O)cc(Br)cc1F.CC[C@@H](C)C(=O)c1cc(F)c(OC(C)C)c(OC)c1.COc1cc(Br)cc(F)c1OC(C)C.COc1cc(C(=O)[C@H](C)CO)cc(F)c1OC(C)C.COc1cc([C@@H](O)[C@H](C)CO)cc(F)c1OC(C)C.COc1cc([C@@H](O)[C@H](C)COS(C)(=O)=O)cc(F)c1OC(C)C.O=Cc1cc(Br)cc(F)c1O. The summed E-state index contributed by atoms with van der Waals surface area (Å²) in [6.45, 7) is 32.9. The van der Waals surface area contributed by atoms with E-state index >= 15 is 0 Å². The molecular weight excluding hydrogens is 2030 g/mol. The summed E-state index contributed by atoms with van der Waals surface area (Å²) in [6, 6.07) is 21.5. The molecule has 0 spiro atoms. The normalized spacial score (nSPS) is 12.2. The Kier molecular flexibility index (Phi) is 54.4. The number of ketones is 2. The maximum absolute atomic E-state index is 14.2. The van der Waals surface area contributed by atoms with Crippen LogP contribution in [0.25, 0.3) is 0 Å². The molecule has 0 unspecified atom stereocenters. The van der Waals surface area contributed by atoms with Crippen molar-refractivity contribution < 1.29 is 154 Å². The van der Waals surface area contributed by atoms with Crippen LogP contribution in [0.15, 0.2) is 115 Å². The van der Waals surface area contributed by atoms with Crippen LogP contribution >= 0.6 is 63.7 Å². The lowest BCUT2D eigenvalue weighted by atomic mass is 9.97. The first-order valence-electron chi connectivity index (χ1n) is 40.9. The van der Waals surface area contributed by atoms with Crippen LogP contribution in [0.3, 0.4) is 0 Å². The largest absolute Gasteiger partial charge is 0.504 e. The van der Waals surface area contributed by atoms with Gasteiger partial charge in [-0.25, -0.2) is 35.1 Å². The van der Waals surface area contributed by atoms with Crippen molar-refractivity contribution in [3.8, 4) is 80.5 Å². The zero-order chi connectivity index (χ0) is 101. The lowest BCUT2D eigenvalue weighted by Crippen LogP contribution is -2.18. The molecule has 0 bridgehead atoms. The number of phenolic OH excluding ortho intramolecular Hbond substituents is 2. The van der Waals surface area contributed by atoms with E-state index in [1.807, 2.05) is 27.7 Å². The molecule has 8 rings (SSSR count). The third-order valence-electron chi connectivity index (χ3n) is 16.9. The Bertz CT molecular complexity index is 5000. The van der Waals surface area contributed by atoms with E-state index in [1.54, 1.807) is 110 Å². The summed E-state index contributed by atoms with van der Waals surface area (Å²) in [5.74, 6) is -6.39. The lowest BCUT2D eigenvalue weighted by Gasteiger charge is -2.21. The second-order valence-corrected chi connectivity index (χ2v) is 36.2. The lowest BCUT2D eigenvalue weighted by molar-refractivity contribution is 0.0763. The molecule has 6 atom stereocenters. The van der Waals surface area contributed by atoms with Gasteiger partial charge in [0, 0.05) is 59.3 Å². The number of phenols is 2. The van der Waals surface area contributed by atoms with Gasteiger partial charge in [0.2, 0.25) is 0 Å². The molecule has 0 aromatic heterocycles. The number of aliphatic hydroxyl groups excluding tert-OH is 4. The quantitative estimate of drug-likeness (QED) is 0.00930. The smallest absolute Gasteiger partial charge is 0.264 e. The molecule has 736 valence electrons. The number of aromatic hydroxyl groups is 2. The summed E-state index contributed by atoms with van der Waals surface area (Å²) < 4.78 is 200. The van der Waals surface area contributed by atoms with E-state index in [0.29, 0.717) is 53.8 Å². The highest BCUT2D eigenvalue weighted by Crippen LogP contribution is 2.42. The number of aldehydes is 2. The molecule has 0 saturated carbocycles. The molecule has 0 saturated heterocycles. The minimum atomic E-state index is -3.61. The molecule has 0 amide bonds. The number of hydrogen-bond donors (Lipinski definition) is 6. The van der Waals surface area contributed by atoms with Crippen LogP contribution in [-0.4, -0.2) is 168 Å². The summed E-state index contributed by atoms with van der Waals surface area (Å²) in [7, 11) is 3.46. The number of carbonyl (C=O) groups excluding carboxylic acids is 4. The van der Waals surface area contributed by atoms with Crippen LogP contribution in [-0.2, 0) is 14.3 Å². The van der Waals surface area contributed by atoms with Crippen LogP contribution < -0.4 is 56.8 Å². The maximum Gasteiger partial charge on any atom is 0.264 e. The Balaban J connectivity index is 0.000000761. The number of Topliss-reactive ketones (excluding diaryl/α,β-unsaturated/α-hetero) is 2. The molecule has 8 aromatic rings. The molecule has 0 radical (unpaired) electrons. The summed E-state index contributed by atoms with van der Waals surface area (Å²) >= 11 is 12.3. The van der Waals surface area contributed by atoms with E-state index in [4.69, 9.17) is 72.2 Å². The average Bonchev–Trinajstić information content (AvgIpc) is 0.818. The summed E-state index contributed by atoms with van der Waals surface area (Å²) in [5.41, 5.74) is 1.24. The Morgan fingerprint density at radius 3 is 0.970 bits per heavy atom. The Morgan fingerprint density at radius 1 is 0.364 bits per heavy atom. The molecule has 38 heteroatoms. The second kappa shape index (κ2) is 59.5. The molecular formula is C94H120Br4F8O25S. The average molecular weight is 2150 g/mol. The summed E-state index contributed by atoms with van der Waals surface area (Å²) in [4.78, 5) is 44.8. The van der Waals surface area contributed by atoms with Crippen molar-refractivity contribution in [1.29, 1.82) is 0 Å². The molecule has 0 aliphatic rings. The van der Waals surface area contributed by atoms with Crippen molar-refractivity contribution in [2.45, 2.75) is 193 Å². The molecule has 0 aliphatic carbocycles. The number of aliphatic hydroxyl groups is 4. The first-order valence-corrected chi connectivity index (χ1v) is 45.9. The van der Waals surface area contributed by atoms with Gasteiger partial charge in [0.05, 0.1) is 121 Å². The Hall–Kier alpha value is -9.25. The van der Waals surface area contributed by atoms with E-state index in [9.17, 15) is 78.0 Å². The van der Waals surface area contributed by atoms with Gasteiger partial charge in [-0.3, -0.25) is 23.4 Å². The van der Waals surface area contributed by atoms with Crippen LogP contribution in [0.1, 0.15) is 203 Å². The van der Waals surface area contributed by atoms with E-state index in [1.165, 1.54) is 108 Å². The van der Waals surface area contributed by atoms with Crippen LogP contribution in [0, 0.1) is 70.2 Å². The molecule has 0 fully saturated rings. The number of methoxy groups -OCH3 is 5. The number of hydrogen-bond acceptors (Lipinski definition) is 25. The third kappa shape index (κ3) is 41.3. The molecule has 132 heavy (non-hydrogen) atoms. The summed E-state index contributed by atoms with van der Waals surface area (Å²) in [6.07, 6.45) is -0.679. The number of halogens is 12. The minimum Gasteiger partial charge on any atom is -0.504 e. The van der Waals surface area contributed by atoms with E-state index < -0.39 is 86.4 Å². The van der Waals surface area contributed by atoms with Gasteiger partial charge in [-0.05, 0) is 212 Å². The number of carbonyl (C=O) groups is 4. The predicted molar refractivity (Wildman–Crippen MR) is 500 cm³/mol. The summed E-state index contributed by atoms with van der Waals surface area (Å²) in [5, 5.41) is 56.5. The zero-order valence-electron chi connectivity index (χ0n) is 78.1.